The van der Waals surface area contributed by atoms with Gasteiger partial charge in [0.15, 0.2) is 0 Å². The molecule has 0 radical (unpaired) electrons. The highest BCUT2D eigenvalue weighted by molar-refractivity contribution is 5.51. The summed E-state index contributed by atoms with van der Waals surface area (Å²) < 4.78 is 0. The third kappa shape index (κ3) is 2.21. The maximum Gasteiger partial charge on any atom is 0.135 e. The van der Waals surface area contributed by atoms with Gasteiger partial charge in [0, 0.05) is 30.4 Å². The fraction of sp³-hybridized carbons (Fsp3) is 0.714. The van der Waals surface area contributed by atoms with Crippen molar-refractivity contribution in [3.05, 3.63) is 17.6 Å². The Morgan fingerprint density at radius 3 is 3.22 bits per heavy atom. The van der Waals surface area contributed by atoms with Gasteiger partial charge in [0.25, 0.3) is 0 Å². The van der Waals surface area contributed by atoms with Crippen molar-refractivity contribution in [2.24, 2.45) is 0 Å². The molecule has 1 aromatic heterocycles. The van der Waals surface area contributed by atoms with E-state index < -0.39 is 0 Å². The number of nitrogens with zero attached hydrogens (tertiary/aromatic N) is 3. The Hall–Kier alpha value is -1.16. The van der Waals surface area contributed by atoms with Crippen LogP contribution in [0.15, 0.2) is 6.33 Å². The Balaban J connectivity index is 1.71. The molecule has 2 heterocycles. The summed E-state index contributed by atoms with van der Waals surface area (Å²) in [5.41, 5.74) is 2.69. The van der Waals surface area contributed by atoms with Gasteiger partial charge in [-0.3, -0.25) is 0 Å². The zero-order chi connectivity index (χ0) is 12.4. The first kappa shape index (κ1) is 11.9. The molecule has 4 heteroatoms. The normalized spacial score (nSPS) is 22.5. The first-order valence-electron chi connectivity index (χ1n) is 7.19. The van der Waals surface area contributed by atoms with Crippen LogP contribution in [0.4, 0.5) is 5.82 Å². The van der Waals surface area contributed by atoms with Crippen LogP contribution in [0, 0.1) is 0 Å². The molecule has 1 unspecified atom stereocenters. The largest absolute Gasteiger partial charge is 0.355 e. The summed E-state index contributed by atoms with van der Waals surface area (Å²) >= 11 is 0. The van der Waals surface area contributed by atoms with E-state index in [0.29, 0.717) is 6.04 Å². The summed E-state index contributed by atoms with van der Waals surface area (Å²) in [4.78, 5) is 11.4. The predicted molar refractivity (Wildman–Crippen MR) is 73.0 cm³/mol. The molecule has 18 heavy (non-hydrogen) atoms. The molecule has 0 amide bonds. The van der Waals surface area contributed by atoms with Gasteiger partial charge < -0.3 is 10.2 Å². The van der Waals surface area contributed by atoms with Crippen LogP contribution in [0.1, 0.15) is 37.4 Å². The Kier molecular flexibility index (Phi) is 3.46. The minimum Gasteiger partial charge on any atom is -0.355 e. The van der Waals surface area contributed by atoms with Crippen molar-refractivity contribution in [2.75, 3.05) is 24.5 Å². The maximum atomic E-state index is 4.53. The molecule has 1 aliphatic carbocycles. The van der Waals surface area contributed by atoms with Crippen LogP contribution in [-0.2, 0) is 12.8 Å². The van der Waals surface area contributed by atoms with E-state index in [1.165, 1.54) is 36.3 Å². The summed E-state index contributed by atoms with van der Waals surface area (Å²) in [5.74, 6) is 1.21. The molecular weight excluding hydrogens is 224 g/mol. The molecule has 98 valence electrons. The number of fused-ring (bicyclic) bond motifs is 1. The van der Waals surface area contributed by atoms with Crippen molar-refractivity contribution in [3.63, 3.8) is 0 Å². The molecule has 0 aromatic carbocycles. The molecule has 0 bridgehead atoms. The molecular formula is C14H22N4. The topological polar surface area (TPSA) is 41.0 Å². The van der Waals surface area contributed by atoms with Gasteiger partial charge in [-0.05, 0) is 38.6 Å². The van der Waals surface area contributed by atoms with Crippen LogP contribution in [0.2, 0.25) is 0 Å². The molecule has 0 spiro atoms. The standard InChI is InChI=1S/C14H22N4/c1-2-7-15-11-6-8-18(9-11)14-12-4-3-5-13(12)16-10-17-14/h10-11,15H,2-9H2,1H3. The summed E-state index contributed by atoms with van der Waals surface area (Å²) in [6.07, 6.45) is 7.72. The monoisotopic (exact) mass is 246 g/mol. The van der Waals surface area contributed by atoms with E-state index in [1.54, 1.807) is 6.33 Å². The van der Waals surface area contributed by atoms with Crippen molar-refractivity contribution in [3.8, 4) is 0 Å². The quantitative estimate of drug-likeness (QED) is 0.875. The fourth-order valence-corrected chi connectivity index (χ4v) is 3.08. The Morgan fingerprint density at radius 1 is 1.39 bits per heavy atom. The molecule has 4 nitrogen and oxygen atoms in total. The predicted octanol–water partition coefficient (Wildman–Crippen LogP) is 1.54. The van der Waals surface area contributed by atoms with E-state index in [9.17, 15) is 0 Å². The summed E-state index contributed by atoms with van der Waals surface area (Å²) in [7, 11) is 0. The molecule has 1 aliphatic heterocycles. The highest BCUT2D eigenvalue weighted by Gasteiger charge is 2.27. The van der Waals surface area contributed by atoms with Gasteiger partial charge in [-0.2, -0.15) is 0 Å². The van der Waals surface area contributed by atoms with E-state index in [-0.39, 0.29) is 0 Å². The van der Waals surface area contributed by atoms with Crippen molar-refractivity contribution in [1.82, 2.24) is 15.3 Å². The van der Waals surface area contributed by atoms with E-state index in [0.717, 1.165) is 32.5 Å². The van der Waals surface area contributed by atoms with Crippen LogP contribution in [0.5, 0.6) is 0 Å². The molecule has 0 saturated carbocycles. The maximum absolute atomic E-state index is 4.53. The summed E-state index contributed by atoms with van der Waals surface area (Å²) in [6, 6.07) is 0.636. The van der Waals surface area contributed by atoms with Crippen molar-refractivity contribution in [2.45, 2.75) is 45.1 Å². The van der Waals surface area contributed by atoms with Gasteiger partial charge in [-0.15, -0.1) is 0 Å². The number of aryl methyl sites for hydroxylation is 1. The number of hydrogen-bond donors (Lipinski definition) is 1. The van der Waals surface area contributed by atoms with Crippen molar-refractivity contribution < 1.29 is 0 Å². The minimum absolute atomic E-state index is 0.636. The Labute approximate surface area is 109 Å². The lowest BCUT2D eigenvalue weighted by atomic mass is 10.2. The van der Waals surface area contributed by atoms with Gasteiger partial charge in [-0.25, -0.2) is 9.97 Å². The van der Waals surface area contributed by atoms with Crippen molar-refractivity contribution in [1.29, 1.82) is 0 Å². The molecule has 1 N–H and O–H groups in total. The fourth-order valence-electron chi connectivity index (χ4n) is 3.08. The van der Waals surface area contributed by atoms with Gasteiger partial charge in [0.2, 0.25) is 0 Å². The number of hydrogen-bond acceptors (Lipinski definition) is 4. The average molecular weight is 246 g/mol. The zero-order valence-electron chi connectivity index (χ0n) is 11.2. The smallest absolute Gasteiger partial charge is 0.135 e. The number of rotatable bonds is 4. The molecule has 1 aromatic rings. The summed E-state index contributed by atoms with van der Waals surface area (Å²) in [6.45, 7) is 5.58. The second-order valence-electron chi connectivity index (χ2n) is 5.36. The lowest BCUT2D eigenvalue weighted by Gasteiger charge is -2.20. The van der Waals surface area contributed by atoms with Gasteiger partial charge >= 0.3 is 0 Å². The van der Waals surface area contributed by atoms with Crippen LogP contribution in [-0.4, -0.2) is 35.6 Å². The third-order valence-corrected chi connectivity index (χ3v) is 4.02. The van der Waals surface area contributed by atoms with E-state index >= 15 is 0 Å². The van der Waals surface area contributed by atoms with Crippen LogP contribution in [0.25, 0.3) is 0 Å². The first-order valence-corrected chi connectivity index (χ1v) is 7.19. The van der Waals surface area contributed by atoms with E-state index in [1.807, 2.05) is 0 Å². The number of nitrogens with one attached hydrogen (secondary N) is 1. The second kappa shape index (κ2) is 5.22. The molecule has 1 saturated heterocycles. The van der Waals surface area contributed by atoms with Gasteiger partial charge in [-0.1, -0.05) is 6.92 Å². The Morgan fingerprint density at radius 2 is 2.33 bits per heavy atom. The van der Waals surface area contributed by atoms with E-state index in [4.69, 9.17) is 0 Å². The van der Waals surface area contributed by atoms with Crippen LogP contribution in [0.3, 0.4) is 0 Å². The van der Waals surface area contributed by atoms with Crippen LogP contribution >= 0.6 is 0 Å². The SMILES string of the molecule is CCCNC1CCN(c2ncnc3c2CCC3)C1. The number of anilines is 1. The molecule has 1 fully saturated rings. The van der Waals surface area contributed by atoms with Gasteiger partial charge in [0.05, 0.1) is 0 Å². The lowest BCUT2D eigenvalue weighted by molar-refractivity contribution is 0.549. The molecule has 1 atom stereocenters. The van der Waals surface area contributed by atoms with Crippen LogP contribution < -0.4 is 10.2 Å². The molecule has 3 rings (SSSR count). The van der Waals surface area contributed by atoms with Gasteiger partial charge in [0.1, 0.15) is 12.1 Å². The summed E-state index contributed by atoms with van der Waals surface area (Å²) in [5, 5.41) is 3.61. The number of aromatic nitrogens is 2. The average Bonchev–Trinajstić information content (AvgIpc) is 3.04. The highest BCUT2D eigenvalue weighted by atomic mass is 15.2. The second-order valence-corrected chi connectivity index (χ2v) is 5.36. The highest BCUT2D eigenvalue weighted by Crippen LogP contribution is 2.29. The lowest BCUT2D eigenvalue weighted by Crippen LogP contribution is -2.33. The molecule has 2 aliphatic rings. The van der Waals surface area contributed by atoms with Crippen molar-refractivity contribution >= 4 is 5.82 Å². The minimum atomic E-state index is 0.636. The van der Waals surface area contributed by atoms with E-state index in [2.05, 4.69) is 27.1 Å². The first-order chi connectivity index (χ1) is 8.88. The third-order valence-electron chi connectivity index (χ3n) is 4.02. The Bertz CT molecular complexity index is 418. The zero-order valence-corrected chi connectivity index (χ0v) is 11.2.